The van der Waals surface area contributed by atoms with E-state index in [1.165, 1.54) is 0 Å². The predicted molar refractivity (Wildman–Crippen MR) is 46.7 cm³/mol. The summed E-state index contributed by atoms with van der Waals surface area (Å²) in [5, 5.41) is 10.6. The summed E-state index contributed by atoms with van der Waals surface area (Å²) < 4.78 is 5.44. The maximum Gasteiger partial charge on any atom is 0.130 e. The zero-order valence-electron chi connectivity index (χ0n) is 7.41. The highest BCUT2D eigenvalue weighted by atomic mass is 16.5. The van der Waals surface area contributed by atoms with Gasteiger partial charge in [0.2, 0.25) is 0 Å². The first-order valence-corrected chi connectivity index (χ1v) is 3.96. The summed E-state index contributed by atoms with van der Waals surface area (Å²) >= 11 is 0. The normalized spacial score (nSPS) is 11.2. The molecule has 0 spiro atoms. The lowest BCUT2D eigenvalue weighted by Gasteiger charge is -2.22. The smallest absolute Gasteiger partial charge is 0.130 e. The Balaban J connectivity index is 2.64. The van der Waals surface area contributed by atoms with Gasteiger partial charge in [-0.25, -0.2) is 5.11 Å². The summed E-state index contributed by atoms with van der Waals surface area (Å²) in [6, 6.07) is 9.37. The maximum absolute atomic E-state index is 10.6. The van der Waals surface area contributed by atoms with E-state index in [9.17, 15) is 5.11 Å². The van der Waals surface area contributed by atoms with Crippen LogP contribution in [0.15, 0.2) is 30.3 Å². The summed E-state index contributed by atoms with van der Waals surface area (Å²) in [5.74, 6) is 0.748. The van der Waals surface area contributed by atoms with E-state index in [0.717, 1.165) is 5.75 Å². The molecular weight excluding hydrogens is 152 g/mol. The second kappa shape index (κ2) is 3.59. The van der Waals surface area contributed by atoms with Crippen LogP contribution in [0.3, 0.4) is 0 Å². The van der Waals surface area contributed by atoms with Crippen LogP contribution >= 0.6 is 0 Å². The number of hydrogen-bond donors (Lipinski definition) is 0. The van der Waals surface area contributed by atoms with E-state index in [1.807, 2.05) is 30.3 Å². The van der Waals surface area contributed by atoms with E-state index in [-0.39, 0.29) is 6.61 Å². The highest BCUT2D eigenvalue weighted by Crippen LogP contribution is 2.16. The molecular formula is C10H13O2. The lowest BCUT2D eigenvalue weighted by Crippen LogP contribution is -2.31. The van der Waals surface area contributed by atoms with Crippen LogP contribution in [0.2, 0.25) is 0 Å². The van der Waals surface area contributed by atoms with Crippen molar-refractivity contribution in [2.24, 2.45) is 0 Å². The highest BCUT2D eigenvalue weighted by Gasteiger charge is 2.18. The molecule has 0 N–H and O–H groups in total. The Hall–Kier alpha value is -1.02. The molecule has 2 nitrogen and oxygen atoms in total. The molecule has 2 heteroatoms. The van der Waals surface area contributed by atoms with E-state index in [4.69, 9.17) is 4.74 Å². The van der Waals surface area contributed by atoms with Crippen LogP contribution in [0.4, 0.5) is 0 Å². The Morgan fingerprint density at radius 2 is 1.83 bits per heavy atom. The summed E-state index contributed by atoms with van der Waals surface area (Å²) in [5.41, 5.74) is -0.610. The summed E-state index contributed by atoms with van der Waals surface area (Å²) in [6.45, 7) is 3.34. The minimum Gasteiger partial charge on any atom is -0.485 e. The molecule has 0 fully saturated rings. The van der Waals surface area contributed by atoms with Crippen molar-refractivity contribution < 1.29 is 9.84 Å². The Morgan fingerprint density at radius 3 is 2.33 bits per heavy atom. The fourth-order valence-corrected chi connectivity index (χ4v) is 0.837. The van der Waals surface area contributed by atoms with Crippen molar-refractivity contribution in [2.45, 2.75) is 19.4 Å². The molecule has 0 aliphatic rings. The van der Waals surface area contributed by atoms with Crippen molar-refractivity contribution in [1.82, 2.24) is 0 Å². The third-order valence-corrected chi connectivity index (χ3v) is 1.48. The molecule has 0 atom stereocenters. The predicted octanol–water partition coefficient (Wildman–Crippen LogP) is 2.27. The number of rotatable bonds is 3. The average molecular weight is 165 g/mol. The molecule has 12 heavy (non-hydrogen) atoms. The molecule has 1 rings (SSSR count). The first-order chi connectivity index (χ1) is 5.64. The molecule has 0 heterocycles. The molecule has 1 aromatic carbocycles. The lowest BCUT2D eigenvalue weighted by molar-refractivity contribution is 0.00878. The van der Waals surface area contributed by atoms with Gasteiger partial charge in [0.05, 0.1) is 0 Å². The first-order valence-electron chi connectivity index (χ1n) is 3.96. The Labute approximate surface area is 72.8 Å². The van der Waals surface area contributed by atoms with E-state index in [1.54, 1.807) is 13.8 Å². The SMILES string of the molecule is CC(C)(C[O])Oc1ccccc1. The zero-order chi connectivity index (χ0) is 9.03. The molecule has 0 bridgehead atoms. The van der Waals surface area contributed by atoms with Gasteiger partial charge in [-0.3, -0.25) is 0 Å². The molecule has 1 aromatic rings. The van der Waals surface area contributed by atoms with E-state index >= 15 is 0 Å². The standard InChI is InChI=1S/C10H13O2/c1-10(2,8-11)12-9-6-4-3-5-7-9/h3-7H,8H2,1-2H3. The van der Waals surface area contributed by atoms with Crippen molar-refractivity contribution in [2.75, 3.05) is 6.61 Å². The number of ether oxygens (including phenoxy) is 1. The van der Waals surface area contributed by atoms with Crippen LogP contribution in [-0.2, 0) is 5.11 Å². The van der Waals surface area contributed by atoms with Gasteiger partial charge in [0.25, 0.3) is 0 Å². The topological polar surface area (TPSA) is 29.1 Å². The summed E-state index contributed by atoms with van der Waals surface area (Å²) in [4.78, 5) is 0. The van der Waals surface area contributed by atoms with Gasteiger partial charge in [0.1, 0.15) is 18.0 Å². The van der Waals surface area contributed by atoms with Gasteiger partial charge in [-0.15, -0.1) is 0 Å². The van der Waals surface area contributed by atoms with Crippen LogP contribution < -0.4 is 4.74 Å². The average Bonchev–Trinajstić information content (AvgIpc) is 2.06. The van der Waals surface area contributed by atoms with E-state index in [0.29, 0.717) is 0 Å². The van der Waals surface area contributed by atoms with Crippen molar-refractivity contribution in [1.29, 1.82) is 0 Å². The van der Waals surface area contributed by atoms with Gasteiger partial charge < -0.3 is 4.74 Å². The van der Waals surface area contributed by atoms with Crippen LogP contribution in [-0.4, -0.2) is 12.2 Å². The molecule has 0 saturated carbocycles. The first kappa shape index (κ1) is 9.07. The van der Waals surface area contributed by atoms with Crippen LogP contribution in [0.1, 0.15) is 13.8 Å². The fourth-order valence-electron chi connectivity index (χ4n) is 0.837. The molecule has 0 saturated heterocycles. The van der Waals surface area contributed by atoms with Crippen molar-refractivity contribution >= 4 is 0 Å². The van der Waals surface area contributed by atoms with Crippen molar-refractivity contribution in [3.05, 3.63) is 30.3 Å². The van der Waals surface area contributed by atoms with E-state index in [2.05, 4.69) is 0 Å². The van der Waals surface area contributed by atoms with Gasteiger partial charge >= 0.3 is 0 Å². The zero-order valence-corrected chi connectivity index (χ0v) is 7.41. The molecule has 1 radical (unpaired) electrons. The number of benzene rings is 1. The van der Waals surface area contributed by atoms with Gasteiger partial charge in [0.15, 0.2) is 0 Å². The third kappa shape index (κ3) is 2.55. The van der Waals surface area contributed by atoms with Gasteiger partial charge in [-0.1, -0.05) is 18.2 Å². The van der Waals surface area contributed by atoms with Crippen LogP contribution in [0.25, 0.3) is 0 Å². The molecule has 0 aromatic heterocycles. The van der Waals surface area contributed by atoms with Crippen LogP contribution in [0.5, 0.6) is 5.75 Å². The molecule has 0 unspecified atom stereocenters. The van der Waals surface area contributed by atoms with Gasteiger partial charge in [-0.05, 0) is 26.0 Å². The second-order valence-electron chi connectivity index (χ2n) is 3.32. The van der Waals surface area contributed by atoms with E-state index < -0.39 is 5.60 Å². The molecule has 0 amide bonds. The summed E-state index contributed by atoms with van der Waals surface area (Å²) in [7, 11) is 0. The number of para-hydroxylation sites is 1. The van der Waals surface area contributed by atoms with Crippen molar-refractivity contribution in [3.63, 3.8) is 0 Å². The minimum absolute atomic E-state index is 0.234. The van der Waals surface area contributed by atoms with Crippen LogP contribution in [0, 0.1) is 0 Å². The monoisotopic (exact) mass is 165 g/mol. The quantitative estimate of drug-likeness (QED) is 0.675. The Kier molecular flexibility index (Phi) is 2.71. The fraction of sp³-hybridized carbons (Fsp3) is 0.400. The Bertz CT molecular complexity index is 229. The second-order valence-corrected chi connectivity index (χ2v) is 3.32. The maximum atomic E-state index is 10.6. The van der Waals surface area contributed by atoms with Crippen molar-refractivity contribution in [3.8, 4) is 5.75 Å². The lowest BCUT2D eigenvalue weighted by atomic mass is 10.1. The largest absolute Gasteiger partial charge is 0.485 e. The highest BCUT2D eigenvalue weighted by molar-refractivity contribution is 5.21. The summed E-state index contributed by atoms with van der Waals surface area (Å²) in [6.07, 6.45) is 0. The third-order valence-electron chi connectivity index (χ3n) is 1.48. The minimum atomic E-state index is -0.610. The number of hydrogen-bond acceptors (Lipinski definition) is 1. The molecule has 0 aliphatic carbocycles. The van der Waals surface area contributed by atoms with Gasteiger partial charge in [0, 0.05) is 0 Å². The van der Waals surface area contributed by atoms with Gasteiger partial charge in [-0.2, -0.15) is 0 Å². The Morgan fingerprint density at radius 1 is 1.25 bits per heavy atom. The molecule has 65 valence electrons. The molecule has 0 aliphatic heterocycles.